The predicted octanol–water partition coefficient (Wildman–Crippen LogP) is 0.850. The second-order valence-corrected chi connectivity index (χ2v) is 5.99. The van der Waals surface area contributed by atoms with Crippen LogP contribution in [-0.2, 0) is 28.6 Å². The fraction of sp³-hybridized carbons (Fsp3) is 0.800. The minimum atomic E-state index is -1.35. The van der Waals surface area contributed by atoms with E-state index in [9.17, 15) is 19.3 Å². The molecule has 0 aromatic carbocycles. The summed E-state index contributed by atoms with van der Waals surface area (Å²) in [5, 5.41) is 3.02. The molecular weight excluding hydrogens is 320 g/mol. The highest BCUT2D eigenvalue weighted by Gasteiger charge is 2.39. The third-order valence-electron chi connectivity index (χ3n) is 3.74. The molecule has 9 heteroatoms. The molecule has 0 atom stereocenters. The Labute approximate surface area is 140 Å². The van der Waals surface area contributed by atoms with Gasteiger partial charge in [-0.2, -0.15) is 0 Å². The molecule has 0 aromatic rings. The van der Waals surface area contributed by atoms with Gasteiger partial charge in [0.15, 0.2) is 0 Å². The number of nitrogens with zero attached hydrogens (tertiary/aromatic N) is 2. The number of esters is 3. The van der Waals surface area contributed by atoms with Gasteiger partial charge in [-0.15, -0.1) is 4.91 Å². The lowest BCUT2D eigenvalue weighted by atomic mass is 10.0. The van der Waals surface area contributed by atoms with Crippen LogP contribution in [0.25, 0.3) is 0 Å². The summed E-state index contributed by atoms with van der Waals surface area (Å²) in [5.74, 6) is -2.18. The second kappa shape index (κ2) is 9.31. The van der Waals surface area contributed by atoms with Gasteiger partial charge in [0.2, 0.25) is 5.72 Å². The Hall–Kier alpha value is -2.03. The van der Waals surface area contributed by atoms with Crippen LogP contribution in [0.5, 0.6) is 0 Å². The summed E-state index contributed by atoms with van der Waals surface area (Å²) in [6.45, 7) is 3.52. The van der Waals surface area contributed by atoms with Crippen LogP contribution in [0.15, 0.2) is 5.18 Å². The van der Waals surface area contributed by atoms with Crippen LogP contribution in [0.3, 0.4) is 0 Å². The maximum Gasteiger partial charge on any atom is 0.308 e. The lowest BCUT2D eigenvalue weighted by Crippen LogP contribution is -2.44. The smallest absolute Gasteiger partial charge is 0.308 e. The molecule has 1 saturated heterocycles. The average Bonchev–Trinajstić information content (AvgIpc) is 2.52. The Balaban J connectivity index is 2.59. The average molecular weight is 344 g/mol. The van der Waals surface area contributed by atoms with Crippen LogP contribution in [-0.4, -0.2) is 61.9 Å². The summed E-state index contributed by atoms with van der Waals surface area (Å²) in [6.07, 6.45) is 0.516. The monoisotopic (exact) mass is 344 g/mol. The third-order valence-corrected chi connectivity index (χ3v) is 3.74. The number of carbonyl (C=O) groups excluding carboxylic acids is 3. The maximum absolute atomic E-state index is 12.1. The van der Waals surface area contributed by atoms with E-state index >= 15 is 0 Å². The van der Waals surface area contributed by atoms with E-state index in [0.717, 1.165) is 0 Å². The molecule has 1 heterocycles. The standard InChI is InChI=1S/C15H24N2O7/c1-11(18)22-9-13(10-23-12(2)19)8-14(20)24-15(16-21)4-6-17(3)7-5-15/h13H,4-10H2,1-3H3. The van der Waals surface area contributed by atoms with E-state index in [0.29, 0.717) is 25.9 Å². The number of hydrogen-bond donors (Lipinski definition) is 0. The Morgan fingerprint density at radius 2 is 1.58 bits per heavy atom. The Morgan fingerprint density at radius 3 is 2.00 bits per heavy atom. The van der Waals surface area contributed by atoms with Crippen molar-refractivity contribution in [2.45, 2.75) is 38.8 Å². The number of carbonyl (C=O) groups is 3. The highest BCUT2D eigenvalue weighted by molar-refractivity contribution is 5.71. The highest BCUT2D eigenvalue weighted by atomic mass is 16.6. The SMILES string of the molecule is CC(=O)OCC(COC(C)=O)CC(=O)OC1(N=O)CCN(C)CC1. The minimum absolute atomic E-state index is 0.0814. The highest BCUT2D eigenvalue weighted by Crippen LogP contribution is 2.28. The van der Waals surface area contributed by atoms with Crippen molar-refractivity contribution < 1.29 is 28.6 Å². The van der Waals surface area contributed by atoms with Crippen LogP contribution in [0.2, 0.25) is 0 Å². The van der Waals surface area contributed by atoms with Crippen LogP contribution < -0.4 is 0 Å². The predicted molar refractivity (Wildman–Crippen MR) is 82.7 cm³/mol. The van der Waals surface area contributed by atoms with Crippen molar-refractivity contribution in [1.29, 1.82) is 0 Å². The van der Waals surface area contributed by atoms with Crippen molar-refractivity contribution in [3.05, 3.63) is 4.91 Å². The van der Waals surface area contributed by atoms with Gasteiger partial charge < -0.3 is 19.1 Å². The Morgan fingerprint density at radius 1 is 1.08 bits per heavy atom. The van der Waals surface area contributed by atoms with Crippen molar-refractivity contribution in [2.75, 3.05) is 33.4 Å². The van der Waals surface area contributed by atoms with Gasteiger partial charge in [0.1, 0.15) is 0 Å². The normalized spacial score (nSPS) is 17.2. The van der Waals surface area contributed by atoms with Gasteiger partial charge >= 0.3 is 17.9 Å². The fourth-order valence-electron chi connectivity index (χ4n) is 2.31. The van der Waals surface area contributed by atoms with E-state index in [2.05, 4.69) is 5.18 Å². The van der Waals surface area contributed by atoms with Crippen LogP contribution >= 0.6 is 0 Å². The Kier molecular flexibility index (Phi) is 7.76. The minimum Gasteiger partial charge on any atom is -0.465 e. The van der Waals surface area contributed by atoms with E-state index in [1.54, 1.807) is 0 Å². The molecule has 0 saturated carbocycles. The third kappa shape index (κ3) is 7.03. The van der Waals surface area contributed by atoms with Crippen LogP contribution in [0.1, 0.15) is 33.1 Å². The molecule has 1 aliphatic rings. The van der Waals surface area contributed by atoms with Gasteiger partial charge in [-0.05, 0) is 12.2 Å². The summed E-state index contributed by atoms with van der Waals surface area (Å²) < 4.78 is 15.0. The molecule has 24 heavy (non-hydrogen) atoms. The van der Waals surface area contributed by atoms with Crippen molar-refractivity contribution in [1.82, 2.24) is 4.90 Å². The fourth-order valence-corrected chi connectivity index (χ4v) is 2.31. The molecule has 0 N–H and O–H groups in total. The van der Waals surface area contributed by atoms with Crippen LogP contribution in [0, 0.1) is 10.8 Å². The second-order valence-electron chi connectivity index (χ2n) is 5.99. The topological polar surface area (TPSA) is 112 Å². The van der Waals surface area contributed by atoms with E-state index in [1.165, 1.54) is 13.8 Å². The zero-order chi connectivity index (χ0) is 18.2. The quantitative estimate of drug-likeness (QED) is 0.362. The first-order valence-electron chi connectivity index (χ1n) is 7.78. The molecule has 0 amide bonds. The molecule has 1 rings (SSSR count). The molecule has 0 aromatic heterocycles. The molecule has 9 nitrogen and oxygen atoms in total. The Bertz CT molecular complexity index is 454. The molecule has 0 spiro atoms. The first-order valence-corrected chi connectivity index (χ1v) is 7.78. The summed E-state index contributed by atoms with van der Waals surface area (Å²) in [7, 11) is 1.91. The van der Waals surface area contributed by atoms with E-state index < -0.39 is 29.6 Å². The van der Waals surface area contributed by atoms with E-state index in [4.69, 9.17) is 14.2 Å². The van der Waals surface area contributed by atoms with Crippen molar-refractivity contribution in [3.63, 3.8) is 0 Å². The number of hydrogen-bond acceptors (Lipinski definition) is 9. The summed E-state index contributed by atoms with van der Waals surface area (Å²) in [5.41, 5.74) is -1.35. The molecule has 0 aliphatic carbocycles. The first-order chi connectivity index (χ1) is 11.3. The van der Waals surface area contributed by atoms with Crippen molar-refractivity contribution in [2.24, 2.45) is 11.1 Å². The molecular formula is C15H24N2O7. The largest absolute Gasteiger partial charge is 0.465 e. The molecule has 0 bridgehead atoms. The molecule has 0 radical (unpaired) electrons. The lowest BCUT2D eigenvalue weighted by molar-refractivity contribution is -0.168. The van der Waals surface area contributed by atoms with Crippen molar-refractivity contribution >= 4 is 17.9 Å². The van der Waals surface area contributed by atoms with Gasteiger partial charge in [-0.25, -0.2) is 0 Å². The number of nitroso groups, excluding NO2 is 1. The maximum atomic E-state index is 12.1. The number of piperidine rings is 1. The number of likely N-dealkylation sites (tertiary alicyclic amines) is 1. The molecule has 136 valence electrons. The van der Waals surface area contributed by atoms with Crippen molar-refractivity contribution in [3.8, 4) is 0 Å². The van der Waals surface area contributed by atoms with Gasteiger partial charge in [-0.3, -0.25) is 14.4 Å². The van der Waals surface area contributed by atoms with E-state index in [-0.39, 0.29) is 19.6 Å². The van der Waals surface area contributed by atoms with E-state index in [1.807, 2.05) is 11.9 Å². The molecule has 0 unspecified atom stereocenters. The molecule has 1 fully saturated rings. The lowest BCUT2D eigenvalue weighted by Gasteiger charge is -2.34. The summed E-state index contributed by atoms with van der Waals surface area (Å²) in [6, 6.07) is 0. The zero-order valence-electron chi connectivity index (χ0n) is 14.3. The number of ether oxygens (including phenoxy) is 3. The summed E-state index contributed by atoms with van der Waals surface area (Å²) >= 11 is 0. The molecule has 1 aliphatic heterocycles. The summed E-state index contributed by atoms with van der Waals surface area (Å²) in [4.78, 5) is 47.1. The first kappa shape index (κ1) is 20.0. The van der Waals surface area contributed by atoms with Gasteiger partial charge in [-0.1, -0.05) is 0 Å². The zero-order valence-corrected chi connectivity index (χ0v) is 14.3. The van der Waals surface area contributed by atoms with Gasteiger partial charge in [0.25, 0.3) is 0 Å². The van der Waals surface area contributed by atoms with Gasteiger partial charge in [0.05, 0.1) is 19.6 Å². The van der Waals surface area contributed by atoms with Crippen LogP contribution in [0.4, 0.5) is 0 Å². The number of rotatable bonds is 8. The van der Waals surface area contributed by atoms with Gasteiger partial charge in [0, 0.05) is 45.7 Å².